The van der Waals surface area contributed by atoms with Crippen molar-refractivity contribution in [3.05, 3.63) is 23.8 Å². The number of aromatic hydroxyl groups is 1. The van der Waals surface area contributed by atoms with Gasteiger partial charge in [-0.1, -0.05) is 5.92 Å². The van der Waals surface area contributed by atoms with Gasteiger partial charge < -0.3 is 9.84 Å². The lowest BCUT2D eigenvalue weighted by Crippen LogP contribution is -2.26. The lowest BCUT2D eigenvalue weighted by molar-refractivity contribution is 0.0597. The number of carbonyl (C=O) groups excluding carboxylic acids is 1. The third kappa shape index (κ3) is 4.97. The summed E-state index contributed by atoms with van der Waals surface area (Å²) in [7, 11) is -2.62. The van der Waals surface area contributed by atoms with E-state index in [1.807, 2.05) is 0 Å². The number of nitrogens with one attached hydrogen (secondary N) is 1. The first-order valence-electron chi connectivity index (χ1n) is 5.84. The molecule has 114 valence electrons. The number of phenolic OH excluding ortho intramolecular Hbond substituents is 1. The van der Waals surface area contributed by atoms with Crippen LogP contribution in [-0.2, 0) is 14.8 Å². The van der Waals surface area contributed by atoms with Gasteiger partial charge in [-0.05, 0) is 18.2 Å². The van der Waals surface area contributed by atoms with E-state index in [2.05, 4.69) is 15.4 Å². The van der Waals surface area contributed by atoms with Gasteiger partial charge in [0.15, 0.2) is 0 Å². The van der Waals surface area contributed by atoms with Gasteiger partial charge in [0.2, 0.25) is 10.0 Å². The smallest absolute Gasteiger partial charge is 0.341 e. The molecule has 1 aromatic rings. The van der Waals surface area contributed by atoms with E-state index in [1.54, 1.807) is 0 Å². The highest BCUT2D eigenvalue weighted by molar-refractivity contribution is 7.99. The maximum atomic E-state index is 12.0. The standard InChI is InChI=1S/C13H15NO5S2/c1-3-7-20-8-6-14-21(17,18)10-4-5-12(15)11(9-10)13(16)19-2/h1,4-5,9,14-15H,6-8H2,2H3. The fourth-order valence-electron chi connectivity index (χ4n) is 1.42. The van der Waals surface area contributed by atoms with Crippen LogP contribution in [0.5, 0.6) is 5.75 Å². The van der Waals surface area contributed by atoms with Crippen LogP contribution in [0.25, 0.3) is 0 Å². The van der Waals surface area contributed by atoms with Crippen molar-refractivity contribution >= 4 is 27.8 Å². The highest BCUT2D eigenvalue weighted by Gasteiger charge is 2.19. The number of hydrogen-bond acceptors (Lipinski definition) is 6. The van der Waals surface area contributed by atoms with Crippen LogP contribution in [0.2, 0.25) is 0 Å². The van der Waals surface area contributed by atoms with Crippen molar-refractivity contribution in [2.45, 2.75) is 4.90 Å². The number of ether oxygens (including phenoxy) is 1. The van der Waals surface area contributed by atoms with Gasteiger partial charge in [-0.25, -0.2) is 17.9 Å². The van der Waals surface area contributed by atoms with Crippen molar-refractivity contribution in [3.63, 3.8) is 0 Å². The summed E-state index contributed by atoms with van der Waals surface area (Å²) in [5.41, 5.74) is -0.206. The lowest BCUT2D eigenvalue weighted by atomic mass is 10.2. The normalized spacial score (nSPS) is 10.9. The molecular weight excluding hydrogens is 314 g/mol. The minimum atomic E-state index is -3.76. The van der Waals surface area contributed by atoms with Crippen molar-refractivity contribution in [1.82, 2.24) is 4.72 Å². The number of rotatable bonds is 7. The summed E-state index contributed by atoms with van der Waals surface area (Å²) in [5.74, 6) is 2.32. The van der Waals surface area contributed by atoms with E-state index in [1.165, 1.54) is 17.8 Å². The van der Waals surface area contributed by atoms with Gasteiger partial charge in [-0.3, -0.25) is 0 Å². The van der Waals surface area contributed by atoms with E-state index >= 15 is 0 Å². The molecule has 8 heteroatoms. The van der Waals surface area contributed by atoms with Crippen molar-refractivity contribution < 1.29 is 23.1 Å². The molecule has 0 atom stereocenters. The number of thioether (sulfide) groups is 1. The predicted octanol–water partition coefficient (Wildman–Crippen LogP) is 0.824. The zero-order valence-corrected chi connectivity index (χ0v) is 13.0. The highest BCUT2D eigenvalue weighted by atomic mass is 32.2. The predicted molar refractivity (Wildman–Crippen MR) is 80.8 cm³/mol. The second-order valence-electron chi connectivity index (χ2n) is 3.83. The van der Waals surface area contributed by atoms with Crippen LogP contribution in [-0.4, -0.2) is 44.7 Å². The van der Waals surface area contributed by atoms with Gasteiger partial charge in [0.05, 0.1) is 17.8 Å². The number of hydrogen-bond donors (Lipinski definition) is 2. The molecule has 21 heavy (non-hydrogen) atoms. The second-order valence-corrected chi connectivity index (χ2v) is 6.70. The van der Waals surface area contributed by atoms with Gasteiger partial charge >= 0.3 is 5.97 Å². The minimum absolute atomic E-state index is 0.123. The molecule has 0 aliphatic carbocycles. The van der Waals surface area contributed by atoms with Crippen molar-refractivity contribution in [3.8, 4) is 18.1 Å². The van der Waals surface area contributed by atoms with E-state index in [0.29, 0.717) is 11.5 Å². The highest BCUT2D eigenvalue weighted by Crippen LogP contribution is 2.22. The summed E-state index contributed by atoms with van der Waals surface area (Å²) in [5, 5.41) is 9.54. The summed E-state index contributed by atoms with van der Waals surface area (Å²) in [6.45, 7) is 0.211. The lowest BCUT2D eigenvalue weighted by Gasteiger charge is -2.08. The summed E-state index contributed by atoms with van der Waals surface area (Å²) >= 11 is 1.43. The van der Waals surface area contributed by atoms with Gasteiger partial charge in [-0.15, -0.1) is 18.2 Å². The first kappa shape index (κ1) is 17.4. The maximum Gasteiger partial charge on any atom is 0.341 e. The number of benzene rings is 1. The fourth-order valence-corrected chi connectivity index (χ4v) is 3.11. The monoisotopic (exact) mass is 329 g/mol. The first-order valence-corrected chi connectivity index (χ1v) is 8.48. The van der Waals surface area contributed by atoms with Crippen LogP contribution in [0.3, 0.4) is 0 Å². The summed E-state index contributed by atoms with van der Waals surface area (Å²) < 4.78 is 31.0. The SMILES string of the molecule is C#CCSCCNS(=O)(=O)c1ccc(O)c(C(=O)OC)c1. The molecule has 0 amide bonds. The Morgan fingerprint density at radius 1 is 1.52 bits per heavy atom. The topological polar surface area (TPSA) is 92.7 Å². The minimum Gasteiger partial charge on any atom is -0.507 e. The molecule has 0 aliphatic rings. The Morgan fingerprint density at radius 3 is 2.86 bits per heavy atom. The molecule has 2 N–H and O–H groups in total. The zero-order chi connectivity index (χ0) is 15.9. The summed E-state index contributed by atoms with van der Waals surface area (Å²) in [4.78, 5) is 11.3. The van der Waals surface area contributed by atoms with Gasteiger partial charge in [0.25, 0.3) is 0 Å². The van der Waals surface area contributed by atoms with E-state index in [-0.39, 0.29) is 22.8 Å². The van der Waals surface area contributed by atoms with Crippen LogP contribution in [0.1, 0.15) is 10.4 Å². The molecule has 0 spiro atoms. The quantitative estimate of drug-likeness (QED) is 0.437. The molecule has 0 radical (unpaired) electrons. The molecule has 1 rings (SSSR count). The first-order chi connectivity index (χ1) is 9.92. The summed E-state index contributed by atoms with van der Waals surface area (Å²) in [6, 6.07) is 3.41. The Bertz CT molecular complexity index is 649. The Balaban J connectivity index is 2.84. The number of sulfonamides is 1. The number of phenols is 1. The molecular formula is C13H15NO5S2. The van der Waals surface area contributed by atoms with E-state index in [9.17, 15) is 18.3 Å². The van der Waals surface area contributed by atoms with Crippen LogP contribution in [0, 0.1) is 12.3 Å². The third-order valence-electron chi connectivity index (χ3n) is 2.41. The van der Waals surface area contributed by atoms with Crippen molar-refractivity contribution in [2.24, 2.45) is 0 Å². The average Bonchev–Trinajstić information content (AvgIpc) is 2.46. The Labute approximate surface area is 127 Å². The van der Waals surface area contributed by atoms with Crippen molar-refractivity contribution in [1.29, 1.82) is 0 Å². The van der Waals surface area contributed by atoms with Crippen LogP contribution in [0.15, 0.2) is 23.1 Å². The van der Waals surface area contributed by atoms with E-state index in [0.717, 1.165) is 19.2 Å². The maximum absolute atomic E-state index is 12.0. The average molecular weight is 329 g/mol. The Hall–Kier alpha value is -1.69. The van der Waals surface area contributed by atoms with Crippen molar-refractivity contribution in [2.75, 3.05) is 25.2 Å². The number of terminal acetylenes is 1. The van der Waals surface area contributed by atoms with Crippen LogP contribution < -0.4 is 4.72 Å². The molecule has 0 saturated carbocycles. The molecule has 0 bridgehead atoms. The molecule has 0 unspecified atom stereocenters. The number of methoxy groups -OCH3 is 1. The molecule has 0 aromatic heterocycles. The van der Waals surface area contributed by atoms with Gasteiger partial charge in [0, 0.05) is 12.3 Å². The van der Waals surface area contributed by atoms with Gasteiger partial charge in [-0.2, -0.15) is 0 Å². The Kier molecular flexibility index (Phi) is 6.55. The van der Waals surface area contributed by atoms with Gasteiger partial charge in [0.1, 0.15) is 11.3 Å². The summed E-state index contributed by atoms with van der Waals surface area (Å²) in [6.07, 6.45) is 5.08. The Morgan fingerprint density at radius 2 is 2.24 bits per heavy atom. The molecule has 0 aliphatic heterocycles. The van der Waals surface area contributed by atoms with Crippen LogP contribution >= 0.6 is 11.8 Å². The number of carbonyl (C=O) groups is 1. The molecule has 1 aromatic carbocycles. The number of esters is 1. The molecule has 0 heterocycles. The molecule has 6 nitrogen and oxygen atoms in total. The molecule has 0 saturated heterocycles. The largest absolute Gasteiger partial charge is 0.507 e. The fraction of sp³-hybridized carbons (Fsp3) is 0.308. The second kappa shape index (κ2) is 7.93. The van der Waals surface area contributed by atoms with Crippen LogP contribution in [0.4, 0.5) is 0 Å². The zero-order valence-electron chi connectivity index (χ0n) is 11.3. The third-order valence-corrected chi connectivity index (χ3v) is 4.73. The van der Waals surface area contributed by atoms with E-state index in [4.69, 9.17) is 6.42 Å². The molecule has 0 fully saturated rings. The van der Waals surface area contributed by atoms with E-state index < -0.39 is 16.0 Å².